The van der Waals surface area contributed by atoms with Gasteiger partial charge in [0.15, 0.2) is 5.78 Å². The van der Waals surface area contributed by atoms with Gasteiger partial charge in [0.25, 0.3) is 0 Å². The minimum atomic E-state index is 0. The molecule has 2 rings (SSSR count). The Labute approximate surface area is 92.7 Å². The van der Waals surface area contributed by atoms with Gasteiger partial charge in [-0.05, 0) is 31.2 Å². The fourth-order valence-electron chi connectivity index (χ4n) is 1.29. The first kappa shape index (κ1) is 10.9. The Hall–Kier alpha value is -1.22. The first-order chi connectivity index (χ1) is 6.27. The molecule has 14 heavy (non-hydrogen) atoms. The van der Waals surface area contributed by atoms with Gasteiger partial charge in [0.1, 0.15) is 0 Å². The Bertz CT molecular complexity index is 468. The molecule has 0 bridgehead atoms. The van der Waals surface area contributed by atoms with E-state index in [-0.39, 0.29) is 22.8 Å². The first-order valence-corrected chi connectivity index (χ1v) is 4.13. The van der Waals surface area contributed by atoms with Gasteiger partial charge in [-0.1, -0.05) is 6.07 Å². The van der Waals surface area contributed by atoms with E-state index >= 15 is 0 Å². The van der Waals surface area contributed by atoms with Crippen molar-refractivity contribution in [3.63, 3.8) is 0 Å². The Morgan fingerprint density at radius 1 is 1.29 bits per heavy atom. The highest BCUT2D eigenvalue weighted by molar-refractivity contribution is 8.93. The third kappa shape index (κ3) is 1.99. The van der Waals surface area contributed by atoms with Crippen molar-refractivity contribution in [2.24, 2.45) is 0 Å². The molecule has 0 spiro atoms. The van der Waals surface area contributed by atoms with Crippen molar-refractivity contribution in [2.75, 3.05) is 0 Å². The molecule has 0 saturated heterocycles. The molecule has 0 aliphatic rings. The van der Waals surface area contributed by atoms with E-state index in [1.54, 1.807) is 19.2 Å². The van der Waals surface area contributed by atoms with E-state index in [0.29, 0.717) is 0 Å². The monoisotopic (exact) mass is 251 g/mol. The number of hydrogen-bond donors (Lipinski definition) is 0. The second-order valence-corrected chi connectivity index (χ2v) is 2.97. The molecule has 2 nitrogen and oxygen atoms in total. The predicted molar refractivity (Wildman–Crippen MR) is 62.1 cm³/mol. The minimum Gasteiger partial charge on any atom is -0.295 e. The fourth-order valence-corrected chi connectivity index (χ4v) is 1.29. The molecule has 0 aliphatic heterocycles. The van der Waals surface area contributed by atoms with Gasteiger partial charge >= 0.3 is 0 Å². The molecule has 1 aromatic carbocycles. The third-order valence-electron chi connectivity index (χ3n) is 2.01. The summed E-state index contributed by atoms with van der Waals surface area (Å²) < 4.78 is 0. The molecule has 0 fully saturated rings. The summed E-state index contributed by atoms with van der Waals surface area (Å²) in [4.78, 5) is 15.2. The maximum atomic E-state index is 11.1. The summed E-state index contributed by atoms with van der Waals surface area (Å²) in [5.74, 6) is 0.0887. The van der Waals surface area contributed by atoms with Crippen LogP contribution in [0.25, 0.3) is 10.9 Å². The number of hydrogen-bond acceptors (Lipinski definition) is 2. The van der Waals surface area contributed by atoms with Crippen LogP contribution < -0.4 is 0 Å². The largest absolute Gasteiger partial charge is 0.295 e. The minimum absolute atomic E-state index is 0. The molecule has 1 heterocycles. The lowest BCUT2D eigenvalue weighted by Gasteiger charge is -1.98. The molecular weight excluding hydrogens is 242 g/mol. The fraction of sp³-hybridized carbons (Fsp3) is 0.0909. The van der Waals surface area contributed by atoms with E-state index in [0.717, 1.165) is 16.5 Å². The zero-order valence-electron chi connectivity index (χ0n) is 7.73. The molecule has 0 N–H and O–H groups in total. The van der Waals surface area contributed by atoms with Crippen molar-refractivity contribution in [1.29, 1.82) is 0 Å². The number of nitrogens with zero attached hydrogens (tertiary/aromatic N) is 1. The molecule has 0 aliphatic carbocycles. The average Bonchev–Trinajstić information content (AvgIpc) is 2.17. The van der Waals surface area contributed by atoms with Crippen molar-refractivity contribution >= 4 is 33.7 Å². The lowest BCUT2D eigenvalue weighted by molar-refractivity contribution is 0.101. The van der Waals surface area contributed by atoms with Gasteiger partial charge in [-0.3, -0.25) is 9.78 Å². The summed E-state index contributed by atoms with van der Waals surface area (Å²) in [5.41, 5.74) is 1.66. The second-order valence-electron chi connectivity index (χ2n) is 2.97. The summed E-state index contributed by atoms with van der Waals surface area (Å²) in [7, 11) is 0. The van der Waals surface area contributed by atoms with Gasteiger partial charge in [0, 0.05) is 17.1 Å². The van der Waals surface area contributed by atoms with E-state index in [4.69, 9.17) is 0 Å². The van der Waals surface area contributed by atoms with Gasteiger partial charge in [-0.25, -0.2) is 0 Å². The number of pyridine rings is 1. The number of aromatic nitrogens is 1. The molecule has 0 radical (unpaired) electrons. The summed E-state index contributed by atoms with van der Waals surface area (Å²) >= 11 is 0. The van der Waals surface area contributed by atoms with Crippen molar-refractivity contribution in [3.8, 4) is 0 Å². The normalized spacial score (nSPS) is 9.50. The summed E-state index contributed by atoms with van der Waals surface area (Å²) in [6.45, 7) is 1.57. The van der Waals surface area contributed by atoms with Crippen LogP contribution in [0.1, 0.15) is 17.3 Å². The quantitative estimate of drug-likeness (QED) is 0.730. The first-order valence-electron chi connectivity index (χ1n) is 4.13. The zero-order valence-corrected chi connectivity index (χ0v) is 9.44. The average molecular weight is 252 g/mol. The van der Waals surface area contributed by atoms with E-state index in [1.165, 1.54) is 0 Å². The molecule has 0 saturated carbocycles. The Morgan fingerprint density at radius 2 is 2.07 bits per heavy atom. The third-order valence-corrected chi connectivity index (χ3v) is 2.01. The summed E-state index contributed by atoms with van der Waals surface area (Å²) in [6, 6.07) is 9.36. The molecule has 0 atom stereocenters. The van der Waals surface area contributed by atoms with E-state index < -0.39 is 0 Å². The number of halogens is 1. The summed E-state index contributed by atoms with van der Waals surface area (Å²) in [6.07, 6.45) is 1.75. The molecule has 0 amide bonds. The number of ketones is 1. The SMILES string of the molecule is Br.CC(=O)c1ccc2ncccc2c1. The Balaban J connectivity index is 0.000000980. The van der Waals surface area contributed by atoms with Gasteiger partial charge in [-0.15, -0.1) is 17.0 Å². The van der Waals surface area contributed by atoms with Crippen LogP contribution in [0.15, 0.2) is 36.5 Å². The lowest BCUT2D eigenvalue weighted by atomic mass is 10.1. The molecule has 72 valence electrons. The van der Waals surface area contributed by atoms with Gasteiger partial charge in [0.05, 0.1) is 5.52 Å². The number of carbonyl (C=O) groups is 1. The highest BCUT2D eigenvalue weighted by atomic mass is 79.9. The molecule has 1 aromatic heterocycles. The van der Waals surface area contributed by atoms with E-state index in [9.17, 15) is 4.79 Å². The molecule has 2 aromatic rings. The second kappa shape index (κ2) is 4.33. The molecule has 3 heteroatoms. The topological polar surface area (TPSA) is 30.0 Å². The summed E-state index contributed by atoms with van der Waals surface area (Å²) in [5, 5.41) is 1.01. The van der Waals surface area contributed by atoms with Crippen molar-refractivity contribution in [3.05, 3.63) is 42.1 Å². The number of benzene rings is 1. The predicted octanol–water partition coefficient (Wildman–Crippen LogP) is 3.02. The van der Waals surface area contributed by atoms with Crippen molar-refractivity contribution < 1.29 is 4.79 Å². The van der Waals surface area contributed by atoms with Crippen molar-refractivity contribution in [2.45, 2.75) is 6.92 Å². The van der Waals surface area contributed by atoms with Crippen LogP contribution in [-0.2, 0) is 0 Å². The van der Waals surface area contributed by atoms with Crippen LogP contribution in [0.4, 0.5) is 0 Å². The van der Waals surface area contributed by atoms with Crippen LogP contribution in [-0.4, -0.2) is 10.8 Å². The van der Waals surface area contributed by atoms with Crippen molar-refractivity contribution in [1.82, 2.24) is 4.98 Å². The van der Waals surface area contributed by atoms with E-state index in [2.05, 4.69) is 4.98 Å². The van der Waals surface area contributed by atoms with Crippen LogP contribution in [0.2, 0.25) is 0 Å². The standard InChI is InChI=1S/C11H9NO.BrH/c1-8(13)9-4-5-11-10(7-9)3-2-6-12-11;/h2-7H,1H3;1H. The van der Waals surface area contributed by atoms with Crippen LogP contribution in [0.5, 0.6) is 0 Å². The highest BCUT2D eigenvalue weighted by Gasteiger charge is 1.99. The maximum absolute atomic E-state index is 11.1. The number of carbonyl (C=O) groups excluding carboxylic acids is 1. The Kier molecular flexibility index (Phi) is 3.36. The molecular formula is C11H10BrNO. The zero-order chi connectivity index (χ0) is 9.26. The Morgan fingerprint density at radius 3 is 2.79 bits per heavy atom. The number of rotatable bonds is 1. The lowest BCUT2D eigenvalue weighted by Crippen LogP contribution is -1.91. The van der Waals surface area contributed by atoms with Crippen LogP contribution in [0, 0.1) is 0 Å². The number of Topliss-reactive ketones (excluding diaryl/α,β-unsaturated/α-hetero) is 1. The number of fused-ring (bicyclic) bond motifs is 1. The van der Waals surface area contributed by atoms with Crippen LogP contribution >= 0.6 is 17.0 Å². The van der Waals surface area contributed by atoms with Gasteiger partial charge in [0.2, 0.25) is 0 Å². The van der Waals surface area contributed by atoms with Gasteiger partial charge < -0.3 is 0 Å². The van der Waals surface area contributed by atoms with Crippen LogP contribution in [0.3, 0.4) is 0 Å². The smallest absolute Gasteiger partial charge is 0.159 e. The maximum Gasteiger partial charge on any atom is 0.159 e. The van der Waals surface area contributed by atoms with Gasteiger partial charge in [-0.2, -0.15) is 0 Å². The highest BCUT2D eigenvalue weighted by Crippen LogP contribution is 2.13. The molecule has 0 unspecified atom stereocenters. The van der Waals surface area contributed by atoms with E-state index in [1.807, 2.05) is 24.3 Å².